The van der Waals surface area contributed by atoms with Gasteiger partial charge in [0.25, 0.3) is 0 Å². The smallest absolute Gasteiger partial charge is 0.0137 e. The van der Waals surface area contributed by atoms with Crippen LogP contribution in [0.2, 0.25) is 0 Å². The summed E-state index contributed by atoms with van der Waals surface area (Å²) in [6.45, 7) is 2.26. The lowest BCUT2D eigenvalue weighted by atomic mass is 10.1. The van der Waals surface area contributed by atoms with Gasteiger partial charge >= 0.3 is 0 Å². The van der Waals surface area contributed by atoms with Crippen LogP contribution in [-0.4, -0.2) is 0 Å². The predicted octanol–water partition coefficient (Wildman–Crippen LogP) is 4.70. The average molecular weight is 196 g/mol. The van der Waals surface area contributed by atoms with Crippen molar-refractivity contribution >= 4 is 0 Å². The number of hydrogen-bond acceptors (Lipinski definition) is 0. The van der Waals surface area contributed by atoms with Gasteiger partial charge in [0.2, 0.25) is 0 Å². The molecule has 0 aromatic rings. The second-order valence-corrected chi connectivity index (χ2v) is 4.02. The van der Waals surface area contributed by atoms with E-state index < -0.39 is 0 Å². The molecule has 0 spiro atoms. The van der Waals surface area contributed by atoms with Crippen molar-refractivity contribution in [3.63, 3.8) is 0 Å². The maximum Gasteiger partial charge on any atom is 0.0137 e. The Morgan fingerprint density at radius 3 is 1.79 bits per heavy atom. The molecule has 0 atom stereocenters. The Hall–Kier alpha value is -0.460. The third-order valence-corrected chi connectivity index (χ3v) is 2.59. The van der Waals surface area contributed by atoms with Gasteiger partial charge in [-0.25, -0.2) is 0 Å². The maximum atomic E-state index is 6.83. The fraction of sp³-hybridized carbons (Fsp3) is 0.846. The normalized spacial score (nSPS) is 11.2. The summed E-state index contributed by atoms with van der Waals surface area (Å²) in [6, 6.07) is 0. The van der Waals surface area contributed by atoms with Crippen LogP contribution in [0.3, 0.4) is 0 Å². The van der Waals surface area contributed by atoms with E-state index in [-0.39, 0.29) is 0 Å². The molecule has 0 aromatic carbocycles. The summed E-state index contributed by atoms with van der Waals surface area (Å²) in [5.41, 5.74) is 6.83. The highest BCUT2D eigenvalue weighted by molar-refractivity contribution is 4.74. The summed E-state index contributed by atoms with van der Waals surface area (Å²) >= 11 is 0. The molecule has 0 heterocycles. The summed E-state index contributed by atoms with van der Waals surface area (Å²) in [4.78, 5) is 0. The van der Waals surface area contributed by atoms with Crippen LogP contribution >= 0.6 is 0 Å². The van der Waals surface area contributed by atoms with Gasteiger partial charge in [-0.1, -0.05) is 64.4 Å². The highest BCUT2D eigenvalue weighted by Gasteiger charge is 1.90. The van der Waals surface area contributed by atoms with Crippen LogP contribution in [0.4, 0.5) is 0 Å². The van der Waals surface area contributed by atoms with Crippen LogP contribution in [-0.2, 0) is 0 Å². The van der Waals surface area contributed by atoms with Crippen molar-refractivity contribution in [3.05, 3.63) is 12.3 Å². The minimum atomic E-state index is 1.10. The van der Waals surface area contributed by atoms with E-state index in [1.807, 2.05) is 6.08 Å². The van der Waals surface area contributed by atoms with Gasteiger partial charge in [-0.3, -0.25) is 0 Å². The molecule has 0 amide bonds. The Morgan fingerprint density at radius 1 is 0.786 bits per heavy atom. The van der Waals surface area contributed by atoms with Gasteiger partial charge in [-0.2, -0.15) is 0 Å². The lowest BCUT2D eigenvalue weighted by Gasteiger charge is -2.00. The first-order valence-corrected chi connectivity index (χ1v) is 6.24. The Labute approximate surface area is 89.8 Å². The van der Waals surface area contributed by atoms with Crippen molar-refractivity contribution < 1.29 is 0 Å². The second kappa shape index (κ2) is 12.5. The van der Waals surface area contributed by atoms with Gasteiger partial charge in [0, 0.05) is 6.20 Å². The Bertz CT molecular complexity index is 118. The van der Waals surface area contributed by atoms with Crippen molar-refractivity contribution in [1.29, 1.82) is 0 Å². The van der Waals surface area contributed by atoms with E-state index in [0.717, 1.165) is 6.42 Å². The molecular formula is C13H26N. The molecule has 1 N–H and O–H groups in total. The zero-order chi connectivity index (χ0) is 10.5. The van der Waals surface area contributed by atoms with E-state index in [0.29, 0.717) is 0 Å². The van der Waals surface area contributed by atoms with Gasteiger partial charge in [-0.05, 0) is 12.8 Å². The standard InChI is InChI=1S/C13H26N/c1-2-3-4-5-6-7-8-9-10-11-12-13-14/h12-14H,2-11H2,1H3/b13-12+. The first kappa shape index (κ1) is 13.5. The number of rotatable bonds is 10. The molecule has 0 rings (SSSR count). The van der Waals surface area contributed by atoms with E-state index >= 15 is 0 Å². The van der Waals surface area contributed by atoms with E-state index in [9.17, 15) is 0 Å². The van der Waals surface area contributed by atoms with Crippen molar-refractivity contribution in [2.75, 3.05) is 0 Å². The lowest BCUT2D eigenvalue weighted by molar-refractivity contribution is 0.566. The zero-order valence-electron chi connectivity index (χ0n) is 9.73. The van der Waals surface area contributed by atoms with Gasteiger partial charge < -0.3 is 5.73 Å². The quantitative estimate of drug-likeness (QED) is 0.452. The van der Waals surface area contributed by atoms with Crippen molar-refractivity contribution in [1.82, 2.24) is 5.73 Å². The Balaban J connectivity index is 2.85. The molecule has 83 valence electrons. The van der Waals surface area contributed by atoms with E-state index in [1.54, 1.807) is 0 Å². The third-order valence-electron chi connectivity index (χ3n) is 2.59. The van der Waals surface area contributed by atoms with Crippen molar-refractivity contribution in [3.8, 4) is 0 Å². The predicted molar refractivity (Wildman–Crippen MR) is 64.1 cm³/mol. The second-order valence-electron chi connectivity index (χ2n) is 4.02. The van der Waals surface area contributed by atoms with Crippen LogP contribution in [0.1, 0.15) is 71.1 Å². The molecule has 0 fully saturated rings. The Kier molecular flexibility index (Phi) is 12.1. The number of hydrogen-bond donors (Lipinski definition) is 0. The summed E-state index contributed by atoms with van der Waals surface area (Å²) in [6.07, 6.45) is 16.9. The molecule has 1 radical (unpaired) electrons. The van der Waals surface area contributed by atoms with Gasteiger partial charge in [-0.15, -0.1) is 0 Å². The summed E-state index contributed by atoms with van der Waals surface area (Å²) in [5.74, 6) is 0. The fourth-order valence-corrected chi connectivity index (χ4v) is 1.66. The molecular weight excluding hydrogens is 170 g/mol. The number of unbranched alkanes of at least 4 members (excludes halogenated alkanes) is 9. The maximum absolute atomic E-state index is 6.83. The van der Waals surface area contributed by atoms with Crippen LogP contribution < -0.4 is 5.73 Å². The summed E-state index contributed by atoms with van der Waals surface area (Å²) in [5, 5.41) is 0. The molecule has 0 bridgehead atoms. The average Bonchev–Trinajstić information content (AvgIpc) is 2.21. The summed E-state index contributed by atoms with van der Waals surface area (Å²) in [7, 11) is 0. The molecule has 1 heteroatoms. The monoisotopic (exact) mass is 196 g/mol. The minimum Gasteiger partial charge on any atom is -0.309 e. The third kappa shape index (κ3) is 11.5. The first-order chi connectivity index (χ1) is 6.91. The number of nitrogens with one attached hydrogen (secondary N) is 1. The SMILES string of the molecule is CCCCCCCCCCC/C=C/[NH]. The van der Waals surface area contributed by atoms with E-state index in [1.165, 1.54) is 64.0 Å². The van der Waals surface area contributed by atoms with Crippen LogP contribution in [0.5, 0.6) is 0 Å². The molecule has 14 heavy (non-hydrogen) atoms. The van der Waals surface area contributed by atoms with E-state index in [4.69, 9.17) is 5.73 Å². The molecule has 1 nitrogen and oxygen atoms in total. The van der Waals surface area contributed by atoms with E-state index in [2.05, 4.69) is 6.92 Å². The molecule has 0 saturated heterocycles. The fourth-order valence-electron chi connectivity index (χ4n) is 1.66. The first-order valence-electron chi connectivity index (χ1n) is 6.24. The lowest BCUT2D eigenvalue weighted by Crippen LogP contribution is -1.80. The topological polar surface area (TPSA) is 23.8 Å². The molecule has 0 aliphatic carbocycles. The molecule has 0 saturated carbocycles. The van der Waals surface area contributed by atoms with Crippen molar-refractivity contribution in [2.24, 2.45) is 0 Å². The summed E-state index contributed by atoms with van der Waals surface area (Å²) < 4.78 is 0. The molecule has 0 aliphatic heterocycles. The largest absolute Gasteiger partial charge is 0.309 e. The number of allylic oxidation sites excluding steroid dienone is 1. The zero-order valence-corrected chi connectivity index (χ0v) is 9.73. The minimum absolute atomic E-state index is 1.10. The van der Waals surface area contributed by atoms with Crippen LogP contribution in [0.25, 0.3) is 0 Å². The van der Waals surface area contributed by atoms with Gasteiger partial charge in [0.1, 0.15) is 0 Å². The molecule has 0 aromatic heterocycles. The highest BCUT2D eigenvalue weighted by atomic mass is 14.5. The van der Waals surface area contributed by atoms with Gasteiger partial charge in [0.05, 0.1) is 0 Å². The van der Waals surface area contributed by atoms with Gasteiger partial charge in [0.15, 0.2) is 0 Å². The van der Waals surface area contributed by atoms with Crippen molar-refractivity contribution in [2.45, 2.75) is 71.1 Å². The molecule has 0 aliphatic rings. The molecule has 0 unspecified atom stereocenters. The highest BCUT2D eigenvalue weighted by Crippen LogP contribution is 2.10. The van der Waals surface area contributed by atoms with Crippen LogP contribution in [0, 0.1) is 0 Å². The Morgan fingerprint density at radius 2 is 1.29 bits per heavy atom. The van der Waals surface area contributed by atoms with Crippen LogP contribution in [0.15, 0.2) is 12.3 Å².